The molecule has 0 aliphatic rings. The van der Waals surface area contributed by atoms with Crippen LogP contribution < -0.4 is 0 Å². The second-order valence-electron chi connectivity index (χ2n) is 4.28. The van der Waals surface area contributed by atoms with E-state index in [2.05, 4.69) is 21.0 Å². The Morgan fingerprint density at radius 2 is 2.22 bits per heavy atom. The van der Waals surface area contributed by atoms with Gasteiger partial charge in [0, 0.05) is 24.7 Å². The molecule has 0 bridgehead atoms. The van der Waals surface area contributed by atoms with Crippen molar-refractivity contribution in [3.63, 3.8) is 0 Å². The van der Waals surface area contributed by atoms with Crippen molar-refractivity contribution in [2.45, 2.75) is 19.4 Å². The molecule has 2 aromatic rings. The normalized spacial score (nSPS) is 12.7. The molecule has 1 heterocycles. The number of aromatic nitrogens is 2. The van der Waals surface area contributed by atoms with Gasteiger partial charge in [-0.05, 0) is 40.5 Å². The first kappa shape index (κ1) is 13.2. The number of rotatable bonds is 3. The van der Waals surface area contributed by atoms with Crippen molar-refractivity contribution < 1.29 is 9.50 Å². The van der Waals surface area contributed by atoms with Crippen molar-refractivity contribution in [2.24, 2.45) is 7.05 Å². The summed E-state index contributed by atoms with van der Waals surface area (Å²) < 4.78 is 15.2. The Balaban J connectivity index is 2.18. The second kappa shape index (κ2) is 5.20. The average molecular weight is 313 g/mol. The standard InChI is InChI=1S/C13H14BrFN2O/c1-8-10(7-16-17(8)2)13(18)6-9-3-4-12(15)11(14)5-9/h3-5,7,13,18H,6H2,1-2H3. The van der Waals surface area contributed by atoms with E-state index in [1.165, 1.54) is 6.07 Å². The predicted molar refractivity (Wildman–Crippen MR) is 70.7 cm³/mol. The van der Waals surface area contributed by atoms with Crippen LogP contribution in [-0.4, -0.2) is 14.9 Å². The molecule has 1 N–H and O–H groups in total. The van der Waals surface area contributed by atoms with Gasteiger partial charge in [-0.25, -0.2) is 4.39 Å². The number of nitrogens with zero attached hydrogens (tertiary/aromatic N) is 2. The Bertz CT molecular complexity index is 568. The first-order valence-electron chi connectivity index (χ1n) is 5.59. The van der Waals surface area contributed by atoms with E-state index < -0.39 is 6.10 Å². The van der Waals surface area contributed by atoms with Crippen molar-refractivity contribution in [2.75, 3.05) is 0 Å². The number of aliphatic hydroxyl groups excluding tert-OH is 1. The van der Waals surface area contributed by atoms with E-state index in [0.29, 0.717) is 10.9 Å². The van der Waals surface area contributed by atoms with Gasteiger partial charge in [-0.2, -0.15) is 5.10 Å². The fraction of sp³-hybridized carbons (Fsp3) is 0.308. The minimum Gasteiger partial charge on any atom is -0.388 e. The summed E-state index contributed by atoms with van der Waals surface area (Å²) in [7, 11) is 1.83. The van der Waals surface area contributed by atoms with Gasteiger partial charge in [0.2, 0.25) is 0 Å². The minimum atomic E-state index is -0.629. The zero-order valence-electron chi connectivity index (χ0n) is 10.2. The first-order chi connectivity index (χ1) is 8.49. The first-order valence-corrected chi connectivity index (χ1v) is 6.39. The molecule has 1 atom stereocenters. The maximum Gasteiger partial charge on any atom is 0.137 e. The molecule has 1 unspecified atom stereocenters. The molecular weight excluding hydrogens is 299 g/mol. The molecule has 3 nitrogen and oxygen atoms in total. The van der Waals surface area contributed by atoms with Gasteiger partial charge in [-0.1, -0.05) is 6.07 Å². The zero-order valence-corrected chi connectivity index (χ0v) is 11.8. The fourth-order valence-corrected chi connectivity index (χ4v) is 2.27. The average Bonchev–Trinajstić information content (AvgIpc) is 2.65. The van der Waals surface area contributed by atoms with Crippen LogP contribution in [-0.2, 0) is 13.5 Å². The molecular formula is C13H14BrFN2O. The SMILES string of the molecule is Cc1c(C(O)Cc2ccc(F)c(Br)c2)cnn1C. The molecule has 0 amide bonds. The van der Waals surface area contributed by atoms with Gasteiger partial charge in [0.15, 0.2) is 0 Å². The fourth-order valence-electron chi connectivity index (χ4n) is 1.84. The molecule has 0 saturated heterocycles. The monoisotopic (exact) mass is 312 g/mol. The molecule has 0 radical (unpaired) electrons. The molecule has 2 rings (SSSR count). The molecule has 18 heavy (non-hydrogen) atoms. The van der Waals surface area contributed by atoms with Crippen LogP contribution in [0, 0.1) is 12.7 Å². The highest BCUT2D eigenvalue weighted by Crippen LogP contribution is 2.23. The Morgan fingerprint density at radius 1 is 1.50 bits per heavy atom. The minimum absolute atomic E-state index is 0.300. The number of halogens is 2. The third-order valence-corrected chi connectivity index (χ3v) is 3.65. The summed E-state index contributed by atoms with van der Waals surface area (Å²) in [4.78, 5) is 0. The molecule has 0 spiro atoms. The lowest BCUT2D eigenvalue weighted by atomic mass is 10.0. The van der Waals surface area contributed by atoms with E-state index in [1.807, 2.05) is 14.0 Å². The summed E-state index contributed by atoms with van der Waals surface area (Å²) in [5, 5.41) is 14.3. The smallest absolute Gasteiger partial charge is 0.137 e. The third kappa shape index (κ3) is 2.62. The highest BCUT2D eigenvalue weighted by molar-refractivity contribution is 9.10. The Morgan fingerprint density at radius 3 is 2.78 bits per heavy atom. The lowest BCUT2D eigenvalue weighted by molar-refractivity contribution is 0.177. The molecule has 0 saturated carbocycles. The van der Waals surface area contributed by atoms with Gasteiger partial charge in [-0.3, -0.25) is 4.68 Å². The van der Waals surface area contributed by atoms with Crippen LogP contribution in [0.25, 0.3) is 0 Å². The summed E-state index contributed by atoms with van der Waals surface area (Å²) >= 11 is 3.14. The number of benzene rings is 1. The van der Waals surface area contributed by atoms with E-state index in [4.69, 9.17) is 0 Å². The van der Waals surface area contributed by atoms with Gasteiger partial charge < -0.3 is 5.11 Å². The maximum atomic E-state index is 13.1. The summed E-state index contributed by atoms with van der Waals surface area (Å²) in [5.74, 6) is -0.300. The molecule has 0 aliphatic heterocycles. The largest absolute Gasteiger partial charge is 0.388 e. The van der Waals surface area contributed by atoms with E-state index in [-0.39, 0.29) is 5.82 Å². The van der Waals surface area contributed by atoms with Crippen LogP contribution in [0.5, 0.6) is 0 Å². The Hall–Kier alpha value is -1.20. The van der Waals surface area contributed by atoms with Crippen LogP contribution in [0.2, 0.25) is 0 Å². The van der Waals surface area contributed by atoms with E-state index in [1.54, 1.807) is 23.0 Å². The molecule has 1 aromatic heterocycles. The van der Waals surface area contributed by atoms with E-state index in [0.717, 1.165) is 16.8 Å². The van der Waals surface area contributed by atoms with Crippen LogP contribution in [0.1, 0.15) is 22.9 Å². The molecule has 1 aromatic carbocycles. The molecule has 5 heteroatoms. The third-order valence-electron chi connectivity index (χ3n) is 3.05. The van der Waals surface area contributed by atoms with E-state index >= 15 is 0 Å². The van der Waals surface area contributed by atoms with Crippen LogP contribution >= 0.6 is 15.9 Å². The predicted octanol–water partition coefficient (Wildman–Crippen LogP) is 2.91. The van der Waals surface area contributed by atoms with Crippen molar-refractivity contribution >= 4 is 15.9 Å². The Kier molecular flexibility index (Phi) is 3.82. The van der Waals surface area contributed by atoms with Gasteiger partial charge in [0.05, 0.1) is 16.8 Å². The summed E-state index contributed by atoms with van der Waals surface area (Å²) in [6, 6.07) is 4.75. The van der Waals surface area contributed by atoms with E-state index in [9.17, 15) is 9.50 Å². The van der Waals surface area contributed by atoms with Gasteiger partial charge >= 0.3 is 0 Å². The number of aryl methyl sites for hydroxylation is 1. The van der Waals surface area contributed by atoms with Crippen LogP contribution in [0.4, 0.5) is 4.39 Å². The summed E-state index contributed by atoms with van der Waals surface area (Å²) in [6.07, 6.45) is 1.47. The summed E-state index contributed by atoms with van der Waals surface area (Å²) in [6.45, 7) is 1.91. The zero-order chi connectivity index (χ0) is 13.3. The van der Waals surface area contributed by atoms with Gasteiger partial charge in [0.1, 0.15) is 5.82 Å². The molecule has 0 fully saturated rings. The highest BCUT2D eigenvalue weighted by Gasteiger charge is 2.15. The van der Waals surface area contributed by atoms with Crippen molar-refractivity contribution in [3.8, 4) is 0 Å². The maximum absolute atomic E-state index is 13.1. The topological polar surface area (TPSA) is 38.1 Å². The van der Waals surface area contributed by atoms with Crippen LogP contribution in [0.3, 0.4) is 0 Å². The number of hydrogen-bond donors (Lipinski definition) is 1. The molecule has 96 valence electrons. The number of aliphatic hydroxyl groups is 1. The van der Waals surface area contributed by atoms with Crippen molar-refractivity contribution in [3.05, 3.63) is 51.5 Å². The van der Waals surface area contributed by atoms with Crippen LogP contribution in [0.15, 0.2) is 28.9 Å². The second-order valence-corrected chi connectivity index (χ2v) is 5.13. The van der Waals surface area contributed by atoms with Gasteiger partial charge in [0.25, 0.3) is 0 Å². The Labute approximate surface area is 113 Å². The van der Waals surface area contributed by atoms with Gasteiger partial charge in [-0.15, -0.1) is 0 Å². The quantitative estimate of drug-likeness (QED) is 0.946. The molecule has 0 aliphatic carbocycles. The van der Waals surface area contributed by atoms with Crippen molar-refractivity contribution in [1.82, 2.24) is 9.78 Å². The lowest BCUT2D eigenvalue weighted by Gasteiger charge is -2.11. The summed E-state index contributed by atoms with van der Waals surface area (Å²) in [5.41, 5.74) is 2.61. The number of hydrogen-bond acceptors (Lipinski definition) is 2. The lowest BCUT2D eigenvalue weighted by Crippen LogP contribution is -2.04. The van der Waals surface area contributed by atoms with Crippen molar-refractivity contribution in [1.29, 1.82) is 0 Å². The highest BCUT2D eigenvalue weighted by atomic mass is 79.9.